The Labute approximate surface area is 114 Å². The average molecular weight is 259 g/mol. The smallest absolute Gasteiger partial charge is 0.328 e. The van der Waals surface area contributed by atoms with E-state index >= 15 is 0 Å². The van der Waals surface area contributed by atoms with Crippen LogP contribution in [-0.2, 0) is 4.79 Å². The summed E-state index contributed by atoms with van der Waals surface area (Å²) >= 11 is 0. The van der Waals surface area contributed by atoms with Gasteiger partial charge in [-0.2, -0.15) is 0 Å². The number of hydrogen-bond acceptors (Lipinski definition) is 2. The van der Waals surface area contributed by atoms with Gasteiger partial charge in [0.25, 0.3) is 0 Å². The standard InChI is InChI=1S/C16H21NO2/c1-12-11-15(17(2)14-5-3-4-6-14)9-7-13(12)8-10-16(18)19/h7-11,14H,3-6H2,1-2H3,(H,18,19)/b10-8+. The van der Waals surface area contributed by atoms with E-state index in [0.29, 0.717) is 6.04 Å². The molecule has 1 aliphatic carbocycles. The minimum atomic E-state index is -0.911. The lowest BCUT2D eigenvalue weighted by atomic mass is 10.1. The van der Waals surface area contributed by atoms with Crippen LogP contribution in [0, 0.1) is 6.92 Å². The maximum Gasteiger partial charge on any atom is 0.328 e. The molecule has 0 atom stereocenters. The van der Waals surface area contributed by atoms with Gasteiger partial charge in [0.1, 0.15) is 0 Å². The zero-order valence-electron chi connectivity index (χ0n) is 11.6. The van der Waals surface area contributed by atoms with Crippen LogP contribution in [0.25, 0.3) is 6.08 Å². The number of hydrogen-bond donors (Lipinski definition) is 1. The van der Waals surface area contributed by atoms with Crippen LogP contribution in [0.5, 0.6) is 0 Å². The van der Waals surface area contributed by atoms with Crippen molar-refractivity contribution in [2.45, 2.75) is 38.6 Å². The normalized spacial score (nSPS) is 16.1. The Morgan fingerprint density at radius 1 is 1.37 bits per heavy atom. The molecular weight excluding hydrogens is 238 g/mol. The van der Waals surface area contributed by atoms with Crippen LogP contribution in [0.3, 0.4) is 0 Å². The van der Waals surface area contributed by atoms with Crippen molar-refractivity contribution >= 4 is 17.7 Å². The predicted molar refractivity (Wildman–Crippen MR) is 78.5 cm³/mol. The van der Waals surface area contributed by atoms with Gasteiger partial charge in [0.05, 0.1) is 0 Å². The van der Waals surface area contributed by atoms with Crippen molar-refractivity contribution in [3.8, 4) is 0 Å². The Bertz CT molecular complexity index is 488. The first-order chi connectivity index (χ1) is 9.08. The monoisotopic (exact) mass is 259 g/mol. The fraction of sp³-hybridized carbons (Fsp3) is 0.438. The lowest BCUT2D eigenvalue weighted by Crippen LogP contribution is -2.28. The predicted octanol–water partition coefficient (Wildman–Crippen LogP) is 3.47. The Kier molecular flexibility index (Phi) is 4.25. The first-order valence-electron chi connectivity index (χ1n) is 6.82. The minimum Gasteiger partial charge on any atom is -0.478 e. The molecule has 102 valence electrons. The average Bonchev–Trinajstić information content (AvgIpc) is 2.90. The van der Waals surface area contributed by atoms with Gasteiger partial charge in [-0.05, 0) is 49.1 Å². The highest BCUT2D eigenvalue weighted by Gasteiger charge is 2.19. The van der Waals surface area contributed by atoms with Crippen LogP contribution in [0.4, 0.5) is 5.69 Å². The molecule has 2 rings (SSSR count). The van der Waals surface area contributed by atoms with Crippen molar-refractivity contribution in [3.05, 3.63) is 35.4 Å². The molecule has 3 heteroatoms. The maximum absolute atomic E-state index is 10.5. The molecular formula is C16H21NO2. The third-order valence-electron chi connectivity index (χ3n) is 3.94. The molecule has 1 saturated carbocycles. The van der Waals surface area contributed by atoms with Crippen LogP contribution in [0.15, 0.2) is 24.3 Å². The van der Waals surface area contributed by atoms with Crippen LogP contribution < -0.4 is 4.90 Å². The van der Waals surface area contributed by atoms with Crippen molar-refractivity contribution in [2.75, 3.05) is 11.9 Å². The van der Waals surface area contributed by atoms with Gasteiger partial charge >= 0.3 is 5.97 Å². The van der Waals surface area contributed by atoms with Gasteiger partial charge in [-0.1, -0.05) is 18.9 Å². The number of carboxylic acids is 1. The first kappa shape index (κ1) is 13.7. The number of anilines is 1. The quantitative estimate of drug-likeness (QED) is 0.842. The number of benzene rings is 1. The summed E-state index contributed by atoms with van der Waals surface area (Å²) in [7, 11) is 2.15. The second kappa shape index (κ2) is 5.91. The number of aliphatic carboxylic acids is 1. The van der Waals surface area contributed by atoms with E-state index in [4.69, 9.17) is 5.11 Å². The summed E-state index contributed by atoms with van der Waals surface area (Å²) in [6.07, 6.45) is 8.03. The van der Waals surface area contributed by atoms with Gasteiger partial charge in [-0.3, -0.25) is 0 Å². The Morgan fingerprint density at radius 3 is 2.63 bits per heavy atom. The fourth-order valence-corrected chi connectivity index (χ4v) is 2.73. The zero-order chi connectivity index (χ0) is 13.8. The highest BCUT2D eigenvalue weighted by atomic mass is 16.4. The van der Waals surface area contributed by atoms with Gasteiger partial charge in [0.15, 0.2) is 0 Å². The van der Waals surface area contributed by atoms with Crippen LogP contribution in [0.2, 0.25) is 0 Å². The SMILES string of the molecule is Cc1cc(N(C)C2CCCC2)ccc1/C=C/C(=O)O. The number of carbonyl (C=O) groups is 1. The fourth-order valence-electron chi connectivity index (χ4n) is 2.73. The summed E-state index contributed by atoms with van der Waals surface area (Å²) in [5.41, 5.74) is 3.29. The first-order valence-corrected chi connectivity index (χ1v) is 6.82. The van der Waals surface area contributed by atoms with Crippen molar-refractivity contribution < 1.29 is 9.90 Å². The molecule has 0 heterocycles. The molecule has 1 aromatic carbocycles. The summed E-state index contributed by atoms with van der Waals surface area (Å²) in [4.78, 5) is 12.9. The van der Waals surface area contributed by atoms with E-state index in [-0.39, 0.29) is 0 Å². The van der Waals surface area contributed by atoms with Gasteiger partial charge in [0.2, 0.25) is 0 Å². The summed E-state index contributed by atoms with van der Waals surface area (Å²) in [5.74, 6) is -0.911. The summed E-state index contributed by atoms with van der Waals surface area (Å²) in [6, 6.07) is 6.86. The molecule has 0 amide bonds. The molecule has 1 N–H and O–H groups in total. The number of rotatable bonds is 4. The molecule has 1 aliphatic rings. The molecule has 19 heavy (non-hydrogen) atoms. The second-order valence-corrected chi connectivity index (χ2v) is 5.26. The van der Waals surface area contributed by atoms with E-state index in [2.05, 4.69) is 24.1 Å². The van der Waals surface area contributed by atoms with E-state index in [1.165, 1.54) is 37.4 Å². The molecule has 0 aliphatic heterocycles. The summed E-state index contributed by atoms with van der Waals surface area (Å²) in [5, 5.41) is 8.66. The van der Waals surface area contributed by atoms with Crippen LogP contribution in [0.1, 0.15) is 36.8 Å². The maximum atomic E-state index is 10.5. The summed E-state index contributed by atoms with van der Waals surface area (Å²) < 4.78 is 0. The van der Waals surface area contributed by atoms with Crippen LogP contribution >= 0.6 is 0 Å². The molecule has 0 aromatic heterocycles. The molecule has 1 fully saturated rings. The third kappa shape index (κ3) is 3.37. The van der Waals surface area contributed by atoms with Crippen molar-refractivity contribution in [1.82, 2.24) is 0 Å². The van der Waals surface area contributed by atoms with E-state index < -0.39 is 5.97 Å². The van der Waals surface area contributed by atoms with Crippen LogP contribution in [-0.4, -0.2) is 24.2 Å². The van der Waals surface area contributed by atoms with Gasteiger partial charge in [0, 0.05) is 24.9 Å². The third-order valence-corrected chi connectivity index (χ3v) is 3.94. The lowest BCUT2D eigenvalue weighted by Gasteiger charge is -2.27. The van der Waals surface area contributed by atoms with Crippen molar-refractivity contribution in [1.29, 1.82) is 0 Å². The number of nitrogens with zero attached hydrogens (tertiary/aromatic N) is 1. The Hall–Kier alpha value is -1.77. The molecule has 1 aromatic rings. The number of aryl methyl sites for hydroxylation is 1. The largest absolute Gasteiger partial charge is 0.478 e. The van der Waals surface area contributed by atoms with Gasteiger partial charge < -0.3 is 10.0 Å². The highest BCUT2D eigenvalue weighted by molar-refractivity contribution is 5.85. The molecule has 0 radical (unpaired) electrons. The van der Waals surface area contributed by atoms with Crippen molar-refractivity contribution in [2.24, 2.45) is 0 Å². The van der Waals surface area contributed by atoms with E-state index in [9.17, 15) is 4.79 Å². The topological polar surface area (TPSA) is 40.5 Å². The molecule has 3 nitrogen and oxygen atoms in total. The lowest BCUT2D eigenvalue weighted by molar-refractivity contribution is -0.131. The van der Waals surface area contributed by atoms with E-state index in [1.807, 2.05) is 13.0 Å². The van der Waals surface area contributed by atoms with Gasteiger partial charge in [-0.25, -0.2) is 4.79 Å². The zero-order valence-corrected chi connectivity index (χ0v) is 11.6. The highest BCUT2D eigenvalue weighted by Crippen LogP contribution is 2.28. The minimum absolute atomic E-state index is 0.653. The van der Waals surface area contributed by atoms with E-state index in [1.54, 1.807) is 6.08 Å². The number of carboxylic acid groups (broad SMARTS) is 1. The van der Waals surface area contributed by atoms with Crippen molar-refractivity contribution in [3.63, 3.8) is 0 Å². The van der Waals surface area contributed by atoms with E-state index in [0.717, 1.165) is 11.1 Å². The second-order valence-electron chi connectivity index (χ2n) is 5.26. The molecule has 0 spiro atoms. The Balaban J connectivity index is 2.15. The molecule has 0 bridgehead atoms. The molecule has 0 saturated heterocycles. The molecule has 0 unspecified atom stereocenters. The Morgan fingerprint density at radius 2 is 2.05 bits per heavy atom. The summed E-state index contributed by atoms with van der Waals surface area (Å²) in [6.45, 7) is 2.02. The van der Waals surface area contributed by atoms with Gasteiger partial charge in [-0.15, -0.1) is 0 Å².